The number of piperidine rings is 1. The van der Waals surface area contributed by atoms with Gasteiger partial charge in [-0.15, -0.1) is 0 Å². The van der Waals surface area contributed by atoms with Crippen molar-refractivity contribution in [2.45, 2.75) is 39.2 Å². The van der Waals surface area contributed by atoms with E-state index in [9.17, 15) is 4.79 Å². The number of rotatable bonds is 4. The maximum Gasteiger partial charge on any atom is 0.251 e. The minimum absolute atomic E-state index is 0.0559. The van der Waals surface area contributed by atoms with Gasteiger partial charge in [-0.05, 0) is 62.6 Å². The molecule has 140 valence electrons. The van der Waals surface area contributed by atoms with E-state index in [1.807, 2.05) is 23.9 Å². The van der Waals surface area contributed by atoms with Crippen molar-refractivity contribution in [1.82, 2.24) is 24.6 Å². The van der Waals surface area contributed by atoms with Crippen LogP contribution < -0.4 is 5.56 Å². The zero-order chi connectivity index (χ0) is 18.8. The third-order valence-corrected chi connectivity index (χ3v) is 5.29. The van der Waals surface area contributed by atoms with Crippen LogP contribution in [0.15, 0.2) is 47.5 Å². The molecule has 1 atom stereocenters. The molecular weight excluding hydrogens is 338 g/mol. The SMILES string of the molecule is Cc1nc(C2CCCN(Cc3ccc(-n4cccn4)cc3C)C2)cc(=O)[nH]1. The maximum atomic E-state index is 11.8. The molecule has 0 bridgehead atoms. The van der Waals surface area contributed by atoms with Crippen molar-refractivity contribution in [3.8, 4) is 5.69 Å². The first-order chi connectivity index (χ1) is 13.1. The lowest BCUT2D eigenvalue weighted by Crippen LogP contribution is -2.35. The van der Waals surface area contributed by atoms with Gasteiger partial charge in [-0.2, -0.15) is 5.10 Å². The molecule has 0 radical (unpaired) electrons. The quantitative estimate of drug-likeness (QED) is 0.774. The molecule has 1 aromatic carbocycles. The number of hydrogen-bond donors (Lipinski definition) is 1. The predicted octanol–water partition coefficient (Wildman–Crippen LogP) is 2.95. The Morgan fingerprint density at radius 1 is 1.26 bits per heavy atom. The molecule has 3 aromatic rings. The number of aromatic nitrogens is 4. The summed E-state index contributed by atoms with van der Waals surface area (Å²) in [7, 11) is 0. The molecule has 6 nitrogen and oxygen atoms in total. The van der Waals surface area contributed by atoms with Gasteiger partial charge in [0.15, 0.2) is 0 Å². The smallest absolute Gasteiger partial charge is 0.251 e. The Hall–Kier alpha value is -2.73. The van der Waals surface area contributed by atoms with Crippen LogP contribution in [0.3, 0.4) is 0 Å². The zero-order valence-electron chi connectivity index (χ0n) is 15.9. The number of nitrogens with zero attached hydrogens (tertiary/aromatic N) is 4. The fourth-order valence-corrected chi connectivity index (χ4v) is 3.91. The van der Waals surface area contributed by atoms with Crippen LogP contribution >= 0.6 is 0 Å². The second kappa shape index (κ2) is 7.48. The second-order valence-electron chi connectivity index (χ2n) is 7.39. The number of nitrogens with one attached hydrogen (secondary N) is 1. The summed E-state index contributed by atoms with van der Waals surface area (Å²) in [5, 5.41) is 4.30. The Morgan fingerprint density at radius 2 is 2.15 bits per heavy atom. The molecule has 0 aliphatic carbocycles. The van der Waals surface area contributed by atoms with Gasteiger partial charge in [0, 0.05) is 37.5 Å². The number of aryl methyl sites for hydroxylation is 2. The van der Waals surface area contributed by atoms with Crippen molar-refractivity contribution in [2.75, 3.05) is 13.1 Å². The number of hydrogen-bond acceptors (Lipinski definition) is 4. The van der Waals surface area contributed by atoms with E-state index in [0.29, 0.717) is 11.7 Å². The van der Waals surface area contributed by atoms with Gasteiger partial charge in [0.2, 0.25) is 0 Å². The Bertz CT molecular complexity index is 976. The molecule has 1 aliphatic heterocycles. The lowest BCUT2D eigenvalue weighted by atomic mass is 9.94. The van der Waals surface area contributed by atoms with Crippen molar-refractivity contribution in [3.05, 3.63) is 75.7 Å². The highest BCUT2D eigenvalue weighted by atomic mass is 16.1. The standard InChI is InChI=1S/C21H25N5O/c1-15-11-19(26-10-4-8-22-26)7-6-17(15)13-25-9-3-5-18(14-25)20-12-21(27)24-16(2)23-20/h4,6-8,10-12,18H,3,5,9,13-14H2,1-2H3,(H,23,24,27). The summed E-state index contributed by atoms with van der Waals surface area (Å²) in [4.78, 5) is 21.6. The predicted molar refractivity (Wildman–Crippen MR) is 105 cm³/mol. The van der Waals surface area contributed by atoms with Crippen LogP contribution in [0, 0.1) is 13.8 Å². The third kappa shape index (κ3) is 4.01. The van der Waals surface area contributed by atoms with Crippen molar-refractivity contribution < 1.29 is 0 Å². The van der Waals surface area contributed by atoms with E-state index in [2.05, 4.69) is 45.1 Å². The summed E-state index contributed by atoms with van der Waals surface area (Å²) in [5.41, 5.74) is 4.56. The highest BCUT2D eigenvalue weighted by Gasteiger charge is 2.23. The van der Waals surface area contributed by atoms with Crippen molar-refractivity contribution in [3.63, 3.8) is 0 Å². The van der Waals surface area contributed by atoms with Gasteiger partial charge in [0.1, 0.15) is 5.82 Å². The largest absolute Gasteiger partial charge is 0.311 e. The first-order valence-corrected chi connectivity index (χ1v) is 9.48. The fraction of sp³-hybridized carbons (Fsp3) is 0.381. The number of H-pyrrole nitrogens is 1. The average molecular weight is 363 g/mol. The zero-order valence-corrected chi connectivity index (χ0v) is 15.9. The van der Waals surface area contributed by atoms with Crippen LogP contribution in [0.2, 0.25) is 0 Å². The molecule has 2 aromatic heterocycles. The van der Waals surface area contributed by atoms with E-state index in [1.54, 1.807) is 12.3 Å². The van der Waals surface area contributed by atoms with E-state index in [-0.39, 0.29) is 5.56 Å². The Morgan fingerprint density at radius 3 is 2.89 bits per heavy atom. The van der Waals surface area contributed by atoms with E-state index >= 15 is 0 Å². The molecule has 4 rings (SSSR count). The molecule has 1 saturated heterocycles. The van der Waals surface area contributed by atoms with Crippen LogP contribution in [0.5, 0.6) is 0 Å². The number of benzene rings is 1. The highest BCUT2D eigenvalue weighted by molar-refractivity contribution is 5.39. The lowest BCUT2D eigenvalue weighted by Gasteiger charge is -2.32. The van der Waals surface area contributed by atoms with Crippen LogP contribution in [0.25, 0.3) is 5.69 Å². The van der Waals surface area contributed by atoms with Crippen molar-refractivity contribution >= 4 is 0 Å². The van der Waals surface area contributed by atoms with Crippen molar-refractivity contribution in [2.24, 2.45) is 0 Å². The topological polar surface area (TPSA) is 66.8 Å². The summed E-state index contributed by atoms with van der Waals surface area (Å²) >= 11 is 0. The molecule has 1 N–H and O–H groups in total. The summed E-state index contributed by atoms with van der Waals surface area (Å²) in [5.74, 6) is 1.02. The minimum Gasteiger partial charge on any atom is -0.311 e. The first-order valence-electron chi connectivity index (χ1n) is 9.48. The molecule has 6 heteroatoms. The summed E-state index contributed by atoms with van der Waals surface area (Å²) in [6, 6.07) is 10.1. The van der Waals surface area contributed by atoms with Gasteiger partial charge in [-0.3, -0.25) is 9.69 Å². The molecule has 1 unspecified atom stereocenters. The monoisotopic (exact) mass is 363 g/mol. The van der Waals surface area contributed by atoms with Gasteiger partial charge in [-0.25, -0.2) is 9.67 Å². The Balaban J connectivity index is 1.48. The molecule has 3 heterocycles. The normalized spacial score (nSPS) is 17.9. The van der Waals surface area contributed by atoms with Crippen LogP contribution in [-0.4, -0.2) is 37.7 Å². The minimum atomic E-state index is -0.0559. The van der Waals surface area contributed by atoms with Gasteiger partial charge >= 0.3 is 0 Å². The molecule has 0 spiro atoms. The average Bonchev–Trinajstić information content (AvgIpc) is 3.18. The van der Waals surface area contributed by atoms with Crippen LogP contribution in [0.4, 0.5) is 0 Å². The second-order valence-corrected chi connectivity index (χ2v) is 7.39. The van der Waals surface area contributed by atoms with Gasteiger partial charge in [0.25, 0.3) is 5.56 Å². The van der Waals surface area contributed by atoms with Crippen molar-refractivity contribution in [1.29, 1.82) is 0 Å². The van der Waals surface area contributed by atoms with E-state index < -0.39 is 0 Å². The van der Waals surface area contributed by atoms with Crippen LogP contribution in [0.1, 0.15) is 41.4 Å². The van der Waals surface area contributed by atoms with Gasteiger partial charge in [0.05, 0.1) is 11.4 Å². The summed E-state index contributed by atoms with van der Waals surface area (Å²) in [6.07, 6.45) is 5.97. The molecular formula is C21H25N5O. The number of aromatic amines is 1. The molecule has 0 saturated carbocycles. The summed E-state index contributed by atoms with van der Waals surface area (Å²) in [6.45, 7) is 6.95. The molecule has 0 amide bonds. The van der Waals surface area contributed by atoms with Crippen LogP contribution in [-0.2, 0) is 6.54 Å². The maximum absolute atomic E-state index is 11.8. The molecule has 1 aliphatic rings. The van der Waals surface area contributed by atoms with Gasteiger partial charge < -0.3 is 4.98 Å². The Labute approximate surface area is 158 Å². The van der Waals surface area contributed by atoms with E-state index in [4.69, 9.17) is 0 Å². The Kier molecular flexibility index (Phi) is 4.90. The third-order valence-electron chi connectivity index (χ3n) is 5.29. The first kappa shape index (κ1) is 17.7. The fourth-order valence-electron chi connectivity index (χ4n) is 3.91. The van der Waals surface area contributed by atoms with E-state index in [0.717, 1.165) is 43.9 Å². The number of likely N-dealkylation sites (tertiary alicyclic amines) is 1. The lowest BCUT2D eigenvalue weighted by molar-refractivity contribution is 0.198. The highest BCUT2D eigenvalue weighted by Crippen LogP contribution is 2.26. The van der Waals surface area contributed by atoms with E-state index in [1.165, 1.54) is 11.1 Å². The van der Waals surface area contributed by atoms with Gasteiger partial charge in [-0.1, -0.05) is 6.07 Å². The molecule has 27 heavy (non-hydrogen) atoms. The summed E-state index contributed by atoms with van der Waals surface area (Å²) < 4.78 is 1.88. The molecule has 1 fully saturated rings.